The molecule has 8 nitrogen and oxygen atoms in total. The highest BCUT2D eigenvalue weighted by molar-refractivity contribution is 5.80. The van der Waals surface area contributed by atoms with E-state index in [-0.39, 0.29) is 18.8 Å². The van der Waals surface area contributed by atoms with Crippen molar-refractivity contribution >= 4 is 18.0 Å². The van der Waals surface area contributed by atoms with Gasteiger partial charge in [0.2, 0.25) is 0 Å². The Balaban J connectivity index is 2.73. The molecule has 0 saturated carbocycles. The van der Waals surface area contributed by atoms with Crippen molar-refractivity contribution in [3.8, 4) is 0 Å². The summed E-state index contributed by atoms with van der Waals surface area (Å²) in [5.41, 5.74) is 0.411. The lowest BCUT2D eigenvalue weighted by Crippen LogP contribution is -2.44. The quantitative estimate of drug-likeness (QED) is 0.718. The van der Waals surface area contributed by atoms with Crippen LogP contribution in [-0.4, -0.2) is 46.9 Å². The summed E-state index contributed by atoms with van der Waals surface area (Å²) in [6.07, 6.45) is -0.231. The summed E-state index contributed by atoms with van der Waals surface area (Å²) in [5.74, 6) is -1.53. The SMILES string of the molecule is COC(=O)CCc1cccc(CC(NC(=O)OC(C)(C)C)C(=O)O)n1. The molecule has 138 valence electrons. The molecule has 0 fully saturated rings. The first-order valence-electron chi connectivity index (χ1n) is 7.84. The van der Waals surface area contributed by atoms with Crippen LogP contribution in [0.1, 0.15) is 38.6 Å². The Labute approximate surface area is 146 Å². The molecule has 0 radical (unpaired) electrons. The lowest BCUT2D eigenvalue weighted by atomic mass is 10.1. The Morgan fingerprint density at radius 3 is 2.44 bits per heavy atom. The number of aliphatic carboxylic acids is 1. The number of aromatic nitrogens is 1. The van der Waals surface area contributed by atoms with E-state index in [0.29, 0.717) is 17.8 Å². The zero-order chi connectivity index (χ0) is 19.0. The number of nitrogens with zero attached hydrogens (tertiary/aromatic N) is 1. The van der Waals surface area contributed by atoms with Gasteiger partial charge in [0.25, 0.3) is 0 Å². The Morgan fingerprint density at radius 2 is 1.88 bits per heavy atom. The van der Waals surface area contributed by atoms with Crippen molar-refractivity contribution in [2.75, 3.05) is 7.11 Å². The molecule has 0 aromatic carbocycles. The number of alkyl carbamates (subject to hydrolysis) is 1. The predicted molar refractivity (Wildman–Crippen MR) is 89.1 cm³/mol. The zero-order valence-corrected chi connectivity index (χ0v) is 14.9. The lowest BCUT2D eigenvalue weighted by molar-refractivity contribution is -0.141. The maximum atomic E-state index is 11.8. The van der Waals surface area contributed by atoms with Gasteiger partial charge in [0, 0.05) is 24.2 Å². The van der Waals surface area contributed by atoms with Crippen molar-refractivity contribution in [2.24, 2.45) is 0 Å². The maximum Gasteiger partial charge on any atom is 0.408 e. The van der Waals surface area contributed by atoms with Crippen molar-refractivity contribution in [2.45, 2.75) is 51.7 Å². The third-order valence-corrected chi connectivity index (χ3v) is 3.08. The van der Waals surface area contributed by atoms with Gasteiger partial charge in [-0.05, 0) is 32.9 Å². The molecule has 2 N–H and O–H groups in total. The minimum atomic E-state index is -1.19. The van der Waals surface area contributed by atoms with Crippen LogP contribution in [0.4, 0.5) is 4.79 Å². The molecule has 1 heterocycles. The molecule has 0 bridgehead atoms. The molecule has 1 rings (SSSR count). The first kappa shape index (κ1) is 20.4. The van der Waals surface area contributed by atoms with Crippen LogP contribution in [0.5, 0.6) is 0 Å². The van der Waals surface area contributed by atoms with Crippen LogP contribution in [0.2, 0.25) is 0 Å². The third-order valence-electron chi connectivity index (χ3n) is 3.08. The zero-order valence-electron chi connectivity index (χ0n) is 14.9. The summed E-state index contributed by atoms with van der Waals surface area (Å²) in [6.45, 7) is 5.07. The molecule has 1 atom stereocenters. The highest BCUT2D eigenvalue weighted by atomic mass is 16.6. The molecule has 1 aromatic heterocycles. The standard InChI is InChI=1S/C17H24N2O6/c1-17(2,3)25-16(23)19-13(15(21)22)10-12-7-5-6-11(18-12)8-9-14(20)24-4/h5-7,13H,8-10H2,1-4H3,(H,19,23)(H,21,22). The predicted octanol–water partition coefficient (Wildman–Crippen LogP) is 1.71. The molecule has 0 aliphatic rings. The van der Waals surface area contributed by atoms with E-state index in [1.54, 1.807) is 39.0 Å². The summed E-state index contributed by atoms with van der Waals surface area (Å²) >= 11 is 0. The van der Waals surface area contributed by atoms with Gasteiger partial charge in [-0.15, -0.1) is 0 Å². The van der Waals surface area contributed by atoms with Crippen molar-refractivity contribution in [1.29, 1.82) is 0 Å². The summed E-state index contributed by atoms with van der Waals surface area (Å²) in [4.78, 5) is 38.7. The van der Waals surface area contributed by atoms with Crippen molar-refractivity contribution in [1.82, 2.24) is 10.3 Å². The average molecular weight is 352 g/mol. The van der Waals surface area contributed by atoms with E-state index in [9.17, 15) is 19.5 Å². The number of hydrogen-bond acceptors (Lipinski definition) is 6. The Morgan fingerprint density at radius 1 is 1.24 bits per heavy atom. The van der Waals surface area contributed by atoms with Crippen LogP contribution in [0, 0.1) is 0 Å². The van der Waals surface area contributed by atoms with Crippen molar-refractivity contribution in [3.63, 3.8) is 0 Å². The molecule has 8 heteroatoms. The van der Waals surface area contributed by atoms with Gasteiger partial charge in [-0.1, -0.05) is 6.07 Å². The van der Waals surface area contributed by atoms with E-state index in [4.69, 9.17) is 4.74 Å². The Bertz CT molecular complexity index is 624. The Hall–Kier alpha value is -2.64. The topological polar surface area (TPSA) is 115 Å². The maximum absolute atomic E-state index is 11.8. The fourth-order valence-electron chi connectivity index (χ4n) is 1.97. The number of methoxy groups -OCH3 is 1. The van der Waals surface area contributed by atoms with Gasteiger partial charge in [-0.3, -0.25) is 9.78 Å². The van der Waals surface area contributed by atoms with Gasteiger partial charge in [-0.2, -0.15) is 0 Å². The fraction of sp³-hybridized carbons (Fsp3) is 0.529. The van der Waals surface area contributed by atoms with Gasteiger partial charge in [0.05, 0.1) is 13.5 Å². The number of hydrogen-bond donors (Lipinski definition) is 2. The smallest absolute Gasteiger partial charge is 0.408 e. The number of ether oxygens (including phenoxy) is 2. The number of rotatable bonds is 7. The molecule has 1 unspecified atom stereocenters. The number of aryl methyl sites for hydroxylation is 1. The number of pyridine rings is 1. The fourth-order valence-corrected chi connectivity index (χ4v) is 1.97. The van der Waals surface area contributed by atoms with Crippen molar-refractivity contribution in [3.05, 3.63) is 29.6 Å². The lowest BCUT2D eigenvalue weighted by Gasteiger charge is -2.22. The van der Waals surface area contributed by atoms with Gasteiger partial charge >= 0.3 is 18.0 Å². The number of nitrogens with one attached hydrogen (secondary N) is 1. The monoisotopic (exact) mass is 352 g/mol. The second-order valence-corrected chi connectivity index (χ2v) is 6.44. The first-order chi connectivity index (χ1) is 11.6. The van der Waals surface area contributed by atoms with Gasteiger partial charge in [0.1, 0.15) is 11.6 Å². The number of amides is 1. The van der Waals surface area contributed by atoms with E-state index in [0.717, 1.165) is 0 Å². The van der Waals surface area contributed by atoms with E-state index in [1.807, 2.05) is 0 Å². The normalized spacial score (nSPS) is 12.2. The Kier molecular flexibility index (Phi) is 7.35. The largest absolute Gasteiger partial charge is 0.480 e. The highest BCUT2D eigenvalue weighted by Crippen LogP contribution is 2.09. The molecule has 0 aliphatic carbocycles. The molecular weight excluding hydrogens is 328 g/mol. The molecule has 0 saturated heterocycles. The van der Waals surface area contributed by atoms with E-state index in [2.05, 4.69) is 15.0 Å². The second kappa shape index (κ2) is 9.00. The van der Waals surface area contributed by atoms with Gasteiger partial charge < -0.3 is 19.9 Å². The summed E-state index contributed by atoms with van der Waals surface area (Å²) in [5, 5.41) is 11.6. The average Bonchev–Trinajstić information content (AvgIpc) is 2.50. The van der Waals surface area contributed by atoms with Crippen LogP contribution in [0.3, 0.4) is 0 Å². The van der Waals surface area contributed by atoms with Crippen LogP contribution in [0.15, 0.2) is 18.2 Å². The van der Waals surface area contributed by atoms with Crippen LogP contribution >= 0.6 is 0 Å². The van der Waals surface area contributed by atoms with Crippen LogP contribution < -0.4 is 5.32 Å². The third kappa shape index (κ3) is 8.14. The van der Waals surface area contributed by atoms with Gasteiger partial charge in [0.15, 0.2) is 0 Å². The molecule has 1 amide bonds. The first-order valence-corrected chi connectivity index (χ1v) is 7.84. The summed E-state index contributed by atoms with van der Waals surface area (Å²) in [6, 6.07) is 3.96. The molecular formula is C17H24N2O6. The summed E-state index contributed by atoms with van der Waals surface area (Å²) < 4.78 is 9.65. The van der Waals surface area contributed by atoms with Gasteiger partial charge in [-0.25, -0.2) is 9.59 Å². The number of esters is 1. The second-order valence-electron chi connectivity index (χ2n) is 6.44. The molecule has 0 spiro atoms. The molecule has 0 aliphatic heterocycles. The number of carbonyl (C=O) groups excluding carboxylic acids is 2. The number of carbonyl (C=O) groups is 3. The minimum Gasteiger partial charge on any atom is -0.480 e. The number of carboxylic acid groups (broad SMARTS) is 1. The van der Waals surface area contributed by atoms with Crippen LogP contribution in [0.25, 0.3) is 0 Å². The summed E-state index contributed by atoms with van der Waals surface area (Å²) in [7, 11) is 1.31. The minimum absolute atomic E-state index is 0.000635. The number of carboxylic acids is 1. The molecule has 25 heavy (non-hydrogen) atoms. The van der Waals surface area contributed by atoms with Crippen molar-refractivity contribution < 1.29 is 29.0 Å². The van der Waals surface area contributed by atoms with E-state index >= 15 is 0 Å². The van der Waals surface area contributed by atoms with E-state index < -0.39 is 23.7 Å². The van der Waals surface area contributed by atoms with Crippen LogP contribution in [-0.2, 0) is 31.9 Å². The molecule has 1 aromatic rings. The van der Waals surface area contributed by atoms with E-state index in [1.165, 1.54) is 7.11 Å². The highest BCUT2D eigenvalue weighted by Gasteiger charge is 2.24.